The Balaban J connectivity index is 1.67. The summed E-state index contributed by atoms with van der Waals surface area (Å²) >= 11 is 1.39. The molecule has 0 fully saturated rings. The predicted molar refractivity (Wildman–Crippen MR) is 90.8 cm³/mol. The summed E-state index contributed by atoms with van der Waals surface area (Å²) in [5.41, 5.74) is 3.05. The summed E-state index contributed by atoms with van der Waals surface area (Å²) < 4.78 is 5.50. The summed E-state index contributed by atoms with van der Waals surface area (Å²) in [6, 6.07) is 6.03. The summed E-state index contributed by atoms with van der Waals surface area (Å²) in [5, 5.41) is 15.0. The summed E-state index contributed by atoms with van der Waals surface area (Å²) in [6.07, 6.45) is 0.374. The van der Waals surface area contributed by atoms with Crippen LogP contribution in [0.1, 0.15) is 25.8 Å². The van der Waals surface area contributed by atoms with Crippen LogP contribution in [-0.2, 0) is 11.2 Å². The number of nitrogens with one attached hydrogen (secondary N) is 1. The van der Waals surface area contributed by atoms with Gasteiger partial charge in [0.05, 0.1) is 24.8 Å². The van der Waals surface area contributed by atoms with Gasteiger partial charge in [0, 0.05) is 17.4 Å². The molecule has 2 aromatic rings. The maximum absolute atomic E-state index is 11.9. The van der Waals surface area contributed by atoms with Gasteiger partial charge >= 0.3 is 0 Å². The third-order valence-corrected chi connectivity index (χ3v) is 4.66. The third-order valence-electron chi connectivity index (χ3n) is 3.90. The van der Waals surface area contributed by atoms with E-state index in [4.69, 9.17) is 4.74 Å². The largest absolute Gasteiger partial charge is 0.493 e. The number of carbonyl (C=O) groups is 1. The van der Waals surface area contributed by atoms with Crippen LogP contribution in [0.15, 0.2) is 23.6 Å². The summed E-state index contributed by atoms with van der Waals surface area (Å²) in [4.78, 5) is 16.4. The molecular weight excluding hydrogens is 312 g/mol. The molecule has 1 unspecified atom stereocenters. The van der Waals surface area contributed by atoms with E-state index in [1.165, 1.54) is 16.9 Å². The fraction of sp³-hybridized carbons (Fsp3) is 0.412. The number of aliphatic hydroxyl groups excluding tert-OH is 1. The molecule has 122 valence electrons. The maximum Gasteiger partial charge on any atom is 0.228 e. The van der Waals surface area contributed by atoms with E-state index in [-0.39, 0.29) is 18.2 Å². The lowest BCUT2D eigenvalue weighted by molar-refractivity contribution is -0.118. The fourth-order valence-corrected chi connectivity index (χ4v) is 3.14. The number of fused-ring (bicyclic) bond motifs is 1. The molecule has 5 nitrogen and oxygen atoms in total. The van der Waals surface area contributed by atoms with Crippen LogP contribution >= 0.6 is 11.3 Å². The van der Waals surface area contributed by atoms with Crippen molar-refractivity contribution < 1.29 is 14.6 Å². The van der Waals surface area contributed by atoms with Crippen molar-refractivity contribution in [2.24, 2.45) is 5.92 Å². The summed E-state index contributed by atoms with van der Waals surface area (Å²) in [7, 11) is 0. The normalized spacial score (nSPS) is 14.4. The van der Waals surface area contributed by atoms with Crippen LogP contribution in [0.25, 0.3) is 11.3 Å². The van der Waals surface area contributed by atoms with Gasteiger partial charge in [-0.1, -0.05) is 13.8 Å². The van der Waals surface area contributed by atoms with E-state index in [2.05, 4.69) is 16.4 Å². The van der Waals surface area contributed by atoms with Gasteiger partial charge in [-0.15, -0.1) is 11.3 Å². The lowest BCUT2D eigenvalue weighted by atomic mass is 10.0. The van der Waals surface area contributed by atoms with Crippen molar-refractivity contribution in [2.75, 3.05) is 11.9 Å². The van der Waals surface area contributed by atoms with Crippen LogP contribution in [-0.4, -0.2) is 28.7 Å². The first kappa shape index (κ1) is 16.0. The second-order valence-corrected chi connectivity index (χ2v) is 6.88. The molecule has 2 N–H and O–H groups in total. The molecule has 23 heavy (non-hydrogen) atoms. The molecule has 0 bridgehead atoms. The van der Waals surface area contributed by atoms with Crippen LogP contribution in [0.4, 0.5) is 5.13 Å². The standard InChI is InChI=1S/C17H20N2O3S/c1-10(2)14(20)8-16(21)19-17-18-13(9-23-17)11-3-4-15-12(7-11)5-6-22-15/h3-4,7,9-10,14,20H,5-6,8H2,1-2H3,(H,18,19,21). The number of amides is 1. The molecule has 1 atom stereocenters. The highest BCUT2D eigenvalue weighted by molar-refractivity contribution is 7.14. The van der Waals surface area contributed by atoms with Crippen LogP contribution in [0, 0.1) is 5.92 Å². The highest BCUT2D eigenvalue weighted by atomic mass is 32.1. The molecule has 0 spiro atoms. The van der Waals surface area contributed by atoms with Gasteiger partial charge in [-0.3, -0.25) is 4.79 Å². The zero-order chi connectivity index (χ0) is 16.4. The second kappa shape index (κ2) is 6.68. The number of thiazole rings is 1. The third kappa shape index (κ3) is 3.71. The monoisotopic (exact) mass is 332 g/mol. The number of anilines is 1. The molecule has 0 saturated carbocycles. The molecule has 1 aromatic heterocycles. The Bertz CT molecular complexity index is 712. The maximum atomic E-state index is 11.9. The molecule has 1 aliphatic heterocycles. The molecule has 1 aromatic carbocycles. The van der Waals surface area contributed by atoms with Crippen molar-refractivity contribution in [1.29, 1.82) is 0 Å². The number of aliphatic hydroxyl groups is 1. The van der Waals surface area contributed by atoms with Crippen molar-refractivity contribution in [2.45, 2.75) is 32.8 Å². The number of benzene rings is 1. The second-order valence-electron chi connectivity index (χ2n) is 6.02. The van der Waals surface area contributed by atoms with E-state index in [0.29, 0.717) is 5.13 Å². The van der Waals surface area contributed by atoms with Gasteiger partial charge in [0.15, 0.2) is 5.13 Å². The SMILES string of the molecule is CC(C)C(O)CC(=O)Nc1nc(-c2ccc3c(c2)CCO3)cs1. The van der Waals surface area contributed by atoms with Crippen LogP contribution in [0.2, 0.25) is 0 Å². The minimum Gasteiger partial charge on any atom is -0.493 e. The Kier molecular flexibility index (Phi) is 4.63. The van der Waals surface area contributed by atoms with Crippen molar-refractivity contribution >= 4 is 22.4 Å². The quantitative estimate of drug-likeness (QED) is 0.882. The van der Waals surface area contributed by atoms with Crippen molar-refractivity contribution in [3.63, 3.8) is 0 Å². The number of hydrogen-bond acceptors (Lipinski definition) is 5. The van der Waals surface area contributed by atoms with Gasteiger partial charge in [-0.2, -0.15) is 0 Å². The Labute approximate surface area is 139 Å². The van der Waals surface area contributed by atoms with Crippen LogP contribution < -0.4 is 10.1 Å². The molecule has 1 amide bonds. The number of aromatic nitrogens is 1. The summed E-state index contributed by atoms with van der Waals surface area (Å²) in [5.74, 6) is 0.788. The molecule has 3 rings (SSSR count). The number of rotatable bonds is 5. The average molecular weight is 332 g/mol. The van der Waals surface area contributed by atoms with Crippen molar-refractivity contribution in [3.05, 3.63) is 29.1 Å². The first-order chi connectivity index (χ1) is 11.0. The first-order valence-corrected chi connectivity index (χ1v) is 8.60. The Morgan fingerprint density at radius 3 is 3.09 bits per heavy atom. The van der Waals surface area contributed by atoms with E-state index in [9.17, 15) is 9.90 Å². The fourth-order valence-electron chi connectivity index (χ4n) is 2.41. The summed E-state index contributed by atoms with van der Waals surface area (Å²) in [6.45, 7) is 4.50. The van der Waals surface area contributed by atoms with Crippen molar-refractivity contribution in [3.8, 4) is 17.0 Å². The Morgan fingerprint density at radius 1 is 1.48 bits per heavy atom. The zero-order valence-corrected chi connectivity index (χ0v) is 14.0. The Hall–Kier alpha value is -1.92. The average Bonchev–Trinajstić information content (AvgIpc) is 3.14. The van der Waals surface area contributed by atoms with Crippen LogP contribution in [0.3, 0.4) is 0 Å². The van der Waals surface area contributed by atoms with E-state index in [1.54, 1.807) is 0 Å². The van der Waals surface area contributed by atoms with Gasteiger partial charge < -0.3 is 15.2 Å². The van der Waals surface area contributed by atoms with E-state index >= 15 is 0 Å². The molecule has 2 heterocycles. The van der Waals surface area contributed by atoms with Gasteiger partial charge in [0.25, 0.3) is 0 Å². The zero-order valence-electron chi connectivity index (χ0n) is 13.2. The van der Waals surface area contributed by atoms with Gasteiger partial charge in [-0.25, -0.2) is 4.98 Å². The van der Waals surface area contributed by atoms with Gasteiger partial charge in [-0.05, 0) is 29.7 Å². The molecule has 0 radical (unpaired) electrons. The number of nitrogens with zero attached hydrogens (tertiary/aromatic N) is 1. The lowest BCUT2D eigenvalue weighted by Crippen LogP contribution is -2.23. The molecule has 0 saturated heterocycles. The van der Waals surface area contributed by atoms with Crippen LogP contribution in [0.5, 0.6) is 5.75 Å². The van der Waals surface area contributed by atoms with E-state index in [0.717, 1.165) is 30.0 Å². The molecule has 0 aliphatic carbocycles. The topological polar surface area (TPSA) is 71.5 Å². The highest BCUT2D eigenvalue weighted by Gasteiger charge is 2.17. The van der Waals surface area contributed by atoms with E-state index in [1.807, 2.05) is 31.4 Å². The molecule has 6 heteroatoms. The number of ether oxygens (including phenoxy) is 1. The van der Waals surface area contributed by atoms with Gasteiger partial charge in [0.2, 0.25) is 5.91 Å². The number of carbonyl (C=O) groups excluding carboxylic acids is 1. The Morgan fingerprint density at radius 2 is 2.30 bits per heavy atom. The minimum atomic E-state index is -0.633. The molecular formula is C17H20N2O3S. The molecule has 1 aliphatic rings. The van der Waals surface area contributed by atoms with E-state index < -0.39 is 6.10 Å². The smallest absolute Gasteiger partial charge is 0.228 e. The predicted octanol–water partition coefficient (Wildman–Crippen LogP) is 3.09. The first-order valence-electron chi connectivity index (χ1n) is 7.72. The highest BCUT2D eigenvalue weighted by Crippen LogP contribution is 2.31. The van der Waals surface area contributed by atoms with Crippen molar-refractivity contribution in [1.82, 2.24) is 4.98 Å². The minimum absolute atomic E-state index is 0.0567. The lowest BCUT2D eigenvalue weighted by Gasteiger charge is -2.12. The van der Waals surface area contributed by atoms with Gasteiger partial charge in [0.1, 0.15) is 5.75 Å². The number of hydrogen-bond donors (Lipinski definition) is 2.